The maximum absolute atomic E-state index is 13.0. The summed E-state index contributed by atoms with van der Waals surface area (Å²) >= 11 is 0. The third-order valence-corrected chi connectivity index (χ3v) is 2.36. The number of rotatable bonds is 8. The average Bonchev–Trinajstić information content (AvgIpc) is 2.33. The molecule has 14 heteroatoms. The van der Waals surface area contributed by atoms with E-state index in [-0.39, 0.29) is 0 Å². The first-order valence-electron chi connectivity index (χ1n) is 5.41. The Kier molecular flexibility index (Phi) is 6.27. The Morgan fingerprint density at radius 3 is 1.57 bits per heavy atom. The Balaban J connectivity index is 5.64. The Labute approximate surface area is 120 Å². The van der Waals surface area contributed by atoms with Crippen molar-refractivity contribution in [2.75, 3.05) is 13.2 Å². The Hall–Kier alpha value is -0.920. The summed E-state index contributed by atoms with van der Waals surface area (Å²) in [4.78, 5) is 0. The Morgan fingerprint density at radius 1 is 0.783 bits per heavy atom. The zero-order valence-electron chi connectivity index (χ0n) is 10.6. The van der Waals surface area contributed by atoms with Gasteiger partial charge in [-0.05, 0) is 0 Å². The number of hydrogen-bond donors (Lipinski definition) is 1. The van der Waals surface area contributed by atoms with Crippen molar-refractivity contribution < 1.29 is 62.5 Å². The molecule has 0 rings (SSSR count). The molecule has 0 saturated carbocycles. The van der Waals surface area contributed by atoms with E-state index in [1.54, 1.807) is 0 Å². The van der Waals surface area contributed by atoms with Crippen molar-refractivity contribution in [1.82, 2.24) is 0 Å². The molecule has 1 N–H and O–H groups in total. The van der Waals surface area contributed by atoms with Gasteiger partial charge in [0.2, 0.25) is 0 Å². The molecule has 0 fully saturated rings. The van der Waals surface area contributed by atoms with Gasteiger partial charge in [-0.1, -0.05) is 0 Å². The number of aliphatic hydroxyl groups excluding tert-OH is 1. The second kappa shape index (κ2) is 6.53. The van der Waals surface area contributed by atoms with Gasteiger partial charge >= 0.3 is 30.1 Å². The second-order valence-corrected chi connectivity index (χ2v) is 4.15. The minimum atomic E-state index is -7.23. The van der Waals surface area contributed by atoms with Gasteiger partial charge in [0, 0.05) is 0 Å². The van der Waals surface area contributed by atoms with Gasteiger partial charge in [-0.15, -0.1) is 0 Å². The molecule has 140 valence electrons. The number of aliphatic hydroxyl groups is 1. The highest BCUT2D eigenvalue weighted by Crippen LogP contribution is 2.55. The maximum atomic E-state index is 13.0. The fraction of sp³-hybridized carbons (Fsp3) is 1.00. The largest absolute Gasteiger partial charge is 0.426 e. The Bertz CT molecular complexity index is 390. The molecule has 1 unspecified atom stereocenters. The topological polar surface area (TPSA) is 29.5 Å². The third kappa shape index (κ3) is 4.33. The van der Waals surface area contributed by atoms with E-state index in [2.05, 4.69) is 4.74 Å². The first-order valence-corrected chi connectivity index (χ1v) is 5.41. The first-order chi connectivity index (χ1) is 9.94. The van der Waals surface area contributed by atoms with Crippen LogP contribution < -0.4 is 0 Å². The zero-order valence-corrected chi connectivity index (χ0v) is 10.6. The van der Waals surface area contributed by atoms with Crippen molar-refractivity contribution in [3.63, 3.8) is 0 Å². The van der Waals surface area contributed by atoms with Crippen molar-refractivity contribution in [3.05, 3.63) is 0 Å². The van der Waals surface area contributed by atoms with Crippen LogP contribution in [0.4, 0.5) is 52.7 Å². The molecule has 0 spiro atoms. The molecule has 0 radical (unpaired) electrons. The van der Waals surface area contributed by atoms with E-state index in [4.69, 9.17) is 5.11 Å². The summed E-state index contributed by atoms with van der Waals surface area (Å²) in [6, 6.07) is 0. The van der Waals surface area contributed by atoms with E-state index < -0.39 is 55.9 Å². The molecule has 0 aromatic rings. The summed E-state index contributed by atoms with van der Waals surface area (Å²) in [6.07, 6.45) is -20.3. The van der Waals surface area contributed by atoms with E-state index in [1.165, 1.54) is 0 Å². The third-order valence-electron chi connectivity index (χ3n) is 2.36. The number of halogens is 12. The molecule has 2 nitrogen and oxygen atoms in total. The van der Waals surface area contributed by atoms with E-state index in [0.717, 1.165) is 0 Å². The highest BCUT2D eigenvalue weighted by atomic mass is 19.4. The Morgan fingerprint density at radius 2 is 1.22 bits per heavy atom. The summed E-state index contributed by atoms with van der Waals surface area (Å²) in [6.45, 7) is -3.08. The monoisotopic (exact) mass is 376 g/mol. The highest BCUT2D eigenvalue weighted by Gasteiger charge is 2.83. The molecular formula is C9H8F12O2. The van der Waals surface area contributed by atoms with Gasteiger partial charge in [-0.2, -0.15) is 48.3 Å². The molecule has 0 bridgehead atoms. The molecule has 0 saturated heterocycles. The van der Waals surface area contributed by atoms with Gasteiger partial charge in [0.25, 0.3) is 0 Å². The van der Waals surface area contributed by atoms with E-state index in [0.29, 0.717) is 0 Å². The molecule has 0 aliphatic heterocycles. The predicted molar refractivity (Wildman–Crippen MR) is 48.4 cm³/mol. The van der Waals surface area contributed by atoms with Crippen molar-refractivity contribution in [2.24, 2.45) is 0 Å². The number of alkyl halides is 12. The lowest BCUT2D eigenvalue weighted by Crippen LogP contribution is -2.65. The van der Waals surface area contributed by atoms with Crippen molar-refractivity contribution in [2.45, 2.75) is 42.6 Å². The normalized spacial score (nSPS) is 16.6. The minimum Gasteiger partial charge on any atom is -0.394 e. The smallest absolute Gasteiger partial charge is 0.394 e. The maximum Gasteiger partial charge on any atom is 0.426 e. The standard InChI is InChI=1S/C9H8F12O2/c10-4(3-5(11,12)13)6(14,15)7(16,17)8(18,19)9(20,21)23-2-1-22/h4,22H,1-3H2. The van der Waals surface area contributed by atoms with Crippen LogP contribution in [0.5, 0.6) is 0 Å². The van der Waals surface area contributed by atoms with Crippen LogP contribution in [-0.4, -0.2) is 54.5 Å². The van der Waals surface area contributed by atoms with Gasteiger partial charge in [0.15, 0.2) is 6.17 Å². The molecule has 1 atom stereocenters. The fourth-order valence-corrected chi connectivity index (χ4v) is 1.18. The van der Waals surface area contributed by atoms with Crippen LogP contribution in [0, 0.1) is 0 Å². The van der Waals surface area contributed by atoms with Crippen LogP contribution in [0.25, 0.3) is 0 Å². The summed E-state index contributed by atoms with van der Waals surface area (Å²) in [5.74, 6) is -21.1. The summed E-state index contributed by atoms with van der Waals surface area (Å²) < 4.78 is 154. The van der Waals surface area contributed by atoms with Crippen LogP contribution in [0.1, 0.15) is 6.42 Å². The van der Waals surface area contributed by atoms with Crippen LogP contribution in [0.3, 0.4) is 0 Å². The zero-order chi connectivity index (χ0) is 18.9. The fourth-order valence-electron chi connectivity index (χ4n) is 1.18. The van der Waals surface area contributed by atoms with E-state index in [9.17, 15) is 52.7 Å². The highest BCUT2D eigenvalue weighted by molar-refractivity contribution is 5.04. The first kappa shape index (κ1) is 22.1. The van der Waals surface area contributed by atoms with Crippen molar-refractivity contribution >= 4 is 0 Å². The molecular weight excluding hydrogens is 368 g/mol. The summed E-state index contributed by atoms with van der Waals surface area (Å²) in [7, 11) is 0. The lowest BCUT2D eigenvalue weighted by atomic mass is 9.97. The van der Waals surface area contributed by atoms with Gasteiger partial charge in [0.05, 0.1) is 19.6 Å². The van der Waals surface area contributed by atoms with Gasteiger partial charge < -0.3 is 9.84 Å². The molecule has 0 aliphatic rings. The summed E-state index contributed by atoms with van der Waals surface area (Å²) in [5, 5.41) is 8.05. The van der Waals surface area contributed by atoms with Gasteiger partial charge in [-0.25, -0.2) is 4.39 Å². The van der Waals surface area contributed by atoms with Gasteiger partial charge in [-0.3, -0.25) is 0 Å². The van der Waals surface area contributed by atoms with Crippen molar-refractivity contribution in [1.29, 1.82) is 0 Å². The number of hydrogen-bond acceptors (Lipinski definition) is 2. The SMILES string of the molecule is OCCOC(F)(F)C(F)(F)C(F)(F)C(F)(F)C(F)CC(F)(F)F. The van der Waals surface area contributed by atoms with E-state index >= 15 is 0 Å². The quantitative estimate of drug-likeness (QED) is 0.654. The van der Waals surface area contributed by atoms with Crippen LogP contribution >= 0.6 is 0 Å². The molecule has 0 heterocycles. The summed E-state index contributed by atoms with van der Waals surface area (Å²) in [5.41, 5.74) is 0. The molecule has 0 aromatic carbocycles. The lowest BCUT2D eigenvalue weighted by molar-refractivity contribution is -0.433. The average molecular weight is 376 g/mol. The van der Waals surface area contributed by atoms with Crippen molar-refractivity contribution in [3.8, 4) is 0 Å². The lowest BCUT2D eigenvalue weighted by Gasteiger charge is -2.37. The molecule has 23 heavy (non-hydrogen) atoms. The molecule has 0 amide bonds. The number of ether oxygens (including phenoxy) is 1. The van der Waals surface area contributed by atoms with Crippen LogP contribution in [0.15, 0.2) is 0 Å². The molecule has 0 aromatic heterocycles. The second-order valence-electron chi connectivity index (χ2n) is 4.15. The van der Waals surface area contributed by atoms with Crippen LogP contribution in [-0.2, 0) is 4.74 Å². The minimum absolute atomic E-state index is 1.40. The van der Waals surface area contributed by atoms with E-state index in [1.807, 2.05) is 0 Å². The predicted octanol–water partition coefficient (Wildman–Crippen LogP) is 3.78. The molecule has 0 aliphatic carbocycles. The van der Waals surface area contributed by atoms with Crippen LogP contribution in [0.2, 0.25) is 0 Å². The van der Waals surface area contributed by atoms with Gasteiger partial charge in [0.1, 0.15) is 0 Å².